The maximum absolute atomic E-state index is 6.29. The van der Waals surface area contributed by atoms with Gasteiger partial charge in [0.25, 0.3) is 0 Å². The molecule has 280 valence electrons. The monoisotopic (exact) mass is 768 g/mol. The van der Waals surface area contributed by atoms with Gasteiger partial charge in [-0.2, -0.15) is 4.80 Å². The van der Waals surface area contributed by atoms with E-state index in [1.807, 2.05) is 72.8 Å². The summed E-state index contributed by atoms with van der Waals surface area (Å²) in [6.45, 7) is 0. The molecule has 3 heterocycles. The van der Waals surface area contributed by atoms with Gasteiger partial charge >= 0.3 is 0 Å². The molecule has 12 aromatic rings. The minimum Gasteiger partial charge on any atom is -0.456 e. The average molecular weight is 769 g/mol. The highest BCUT2D eigenvalue weighted by atomic mass is 16.3. The standard InChI is InChI=1S/C53H32N6O/c1-3-12-33(13-4-1)35-14-9-16-39(31-35)51-54-52(56-53(55-51)44-21-11-23-47-49(44)43-20-7-8-22-46(43)60-47)40-17-10-15-36(32-40)37-26-28-42-38(30-37)25-24-34-27-29-45-50(48(34)42)58-59(57-45)41-18-5-2-6-19-41/h1-32H. The number of hydrogen-bond donors (Lipinski definition) is 0. The van der Waals surface area contributed by atoms with Crippen LogP contribution in [0.2, 0.25) is 0 Å². The van der Waals surface area contributed by atoms with Crippen molar-refractivity contribution in [1.29, 1.82) is 0 Å². The highest BCUT2D eigenvalue weighted by molar-refractivity contribution is 6.18. The third-order valence-electron chi connectivity index (χ3n) is 11.3. The fourth-order valence-electron chi connectivity index (χ4n) is 8.40. The molecule has 12 rings (SSSR count). The van der Waals surface area contributed by atoms with Gasteiger partial charge < -0.3 is 4.42 Å². The quantitative estimate of drug-likeness (QED) is 0.157. The van der Waals surface area contributed by atoms with Crippen LogP contribution in [0.1, 0.15) is 0 Å². The second kappa shape index (κ2) is 13.7. The fraction of sp³-hybridized carbons (Fsp3) is 0. The van der Waals surface area contributed by atoms with E-state index in [-0.39, 0.29) is 0 Å². The molecule has 0 unspecified atom stereocenters. The number of para-hydroxylation sites is 2. The van der Waals surface area contributed by atoms with E-state index in [0.717, 1.165) is 99.1 Å². The Bertz CT molecular complexity index is 3610. The van der Waals surface area contributed by atoms with E-state index in [2.05, 4.69) is 121 Å². The van der Waals surface area contributed by atoms with Gasteiger partial charge in [0, 0.05) is 32.8 Å². The van der Waals surface area contributed by atoms with Gasteiger partial charge in [0.15, 0.2) is 17.5 Å². The molecular formula is C53H32N6O. The van der Waals surface area contributed by atoms with E-state index in [4.69, 9.17) is 29.6 Å². The summed E-state index contributed by atoms with van der Waals surface area (Å²) in [6, 6.07) is 66.6. The van der Waals surface area contributed by atoms with Crippen LogP contribution < -0.4 is 0 Å². The molecule has 0 saturated carbocycles. The van der Waals surface area contributed by atoms with Gasteiger partial charge in [0.05, 0.1) is 5.69 Å². The van der Waals surface area contributed by atoms with Gasteiger partial charge in [-0.1, -0.05) is 146 Å². The molecule has 3 aromatic heterocycles. The van der Waals surface area contributed by atoms with Crippen molar-refractivity contribution in [2.24, 2.45) is 0 Å². The van der Waals surface area contributed by atoms with Crippen LogP contribution in [0.5, 0.6) is 0 Å². The van der Waals surface area contributed by atoms with E-state index >= 15 is 0 Å². The molecule has 0 atom stereocenters. The Morgan fingerprint density at radius 3 is 1.77 bits per heavy atom. The second-order valence-electron chi connectivity index (χ2n) is 15.0. The number of aromatic nitrogens is 6. The Labute approximate surface area is 343 Å². The first-order valence-corrected chi connectivity index (χ1v) is 19.9. The maximum atomic E-state index is 6.29. The number of benzene rings is 9. The molecule has 7 nitrogen and oxygen atoms in total. The summed E-state index contributed by atoms with van der Waals surface area (Å²) in [7, 11) is 0. The van der Waals surface area contributed by atoms with Crippen LogP contribution in [-0.4, -0.2) is 29.9 Å². The summed E-state index contributed by atoms with van der Waals surface area (Å²) in [6.07, 6.45) is 0. The van der Waals surface area contributed by atoms with Crippen molar-refractivity contribution in [2.45, 2.75) is 0 Å². The summed E-state index contributed by atoms with van der Waals surface area (Å²) >= 11 is 0. The first kappa shape index (κ1) is 33.8. The van der Waals surface area contributed by atoms with Crippen molar-refractivity contribution in [1.82, 2.24) is 29.9 Å². The predicted molar refractivity (Wildman–Crippen MR) is 242 cm³/mol. The lowest BCUT2D eigenvalue weighted by atomic mass is 9.96. The maximum Gasteiger partial charge on any atom is 0.164 e. The SMILES string of the molecule is c1ccc(-c2cccc(-c3nc(-c4cccc(-c5ccc6c(ccc7ccc8nn(-c9ccccc9)nc8c76)c5)c4)nc(-c4cccc5oc6ccccc6c45)n3)c2)cc1. The van der Waals surface area contributed by atoms with E-state index in [1.54, 1.807) is 4.80 Å². The van der Waals surface area contributed by atoms with Crippen molar-refractivity contribution < 1.29 is 4.42 Å². The molecule has 0 aliphatic heterocycles. The first-order chi connectivity index (χ1) is 29.7. The van der Waals surface area contributed by atoms with Crippen LogP contribution in [0.25, 0.3) is 117 Å². The molecule has 0 aliphatic rings. The van der Waals surface area contributed by atoms with Crippen LogP contribution >= 0.6 is 0 Å². The third-order valence-corrected chi connectivity index (χ3v) is 11.3. The Balaban J connectivity index is 0.997. The first-order valence-electron chi connectivity index (χ1n) is 19.9. The summed E-state index contributed by atoms with van der Waals surface area (Å²) in [5.41, 5.74) is 11.3. The van der Waals surface area contributed by atoms with Gasteiger partial charge in [0.2, 0.25) is 0 Å². The third kappa shape index (κ3) is 5.71. The van der Waals surface area contributed by atoms with Crippen molar-refractivity contribution in [3.63, 3.8) is 0 Å². The predicted octanol–water partition coefficient (Wildman–Crippen LogP) is 13.1. The lowest BCUT2D eigenvalue weighted by Crippen LogP contribution is -2.00. The second-order valence-corrected chi connectivity index (χ2v) is 15.0. The van der Waals surface area contributed by atoms with Crippen molar-refractivity contribution in [2.75, 3.05) is 0 Å². The summed E-state index contributed by atoms with van der Waals surface area (Å²) < 4.78 is 6.29. The highest BCUT2D eigenvalue weighted by Crippen LogP contribution is 2.38. The van der Waals surface area contributed by atoms with Gasteiger partial charge in [-0.15, -0.1) is 10.2 Å². The summed E-state index contributed by atoms with van der Waals surface area (Å²) in [4.78, 5) is 17.3. The van der Waals surface area contributed by atoms with Crippen LogP contribution in [0.3, 0.4) is 0 Å². The lowest BCUT2D eigenvalue weighted by molar-refractivity contribution is 0.669. The molecule has 0 aliphatic carbocycles. The molecule has 0 fully saturated rings. The molecule has 0 radical (unpaired) electrons. The van der Waals surface area contributed by atoms with Gasteiger partial charge in [-0.05, 0) is 86.9 Å². The number of rotatable bonds is 6. The zero-order valence-corrected chi connectivity index (χ0v) is 32.1. The van der Waals surface area contributed by atoms with Gasteiger partial charge in [-0.25, -0.2) is 15.0 Å². The van der Waals surface area contributed by atoms with Crippen molar-refractivity contribution in [3.05, 3.63) is 194 Å². The van der Waals surface area contributed by atoms with E-state index < -0.39 is 0 Å². The summed E-state index contributed by atoms with van der Waals surface area (Å²) in [5, 5.41) is 16.3. The van der Waals surface area contributed by atoms with E-state index in [0.29, 0.717) is 17.5 Å². The van der Waals surface area contributed by atoms with E-state index in [1.165, 1.54) is 0 Å². The van der Waals surface area contributed by atoms with E-state index in [9.17, 15) is 0 Å². The molecule has 0 N–H and O–H groups in total. The molecule has 0 amide bonds. The average Bonchev–Trinajstić information content (AvgIpc) is 3.94. The molecule has 9 aromatic carbocycles. The zero-order chi connectivity index (χ0) is 39.6. The van der Waals surface area contributed by atoms with Crippen LogP contribution in [0, 0.1) is 0 Å². The molecule has 0 bridgehead atoms. The molecule has 7 heteroatoms. The van der Waals surface area contributed by atoms with Crippen LogP contribution in [0.4, 0.5) is 0 Å². The highest BCUT2D eigenvalue weighted by Gasteiger charge is 2.19. The number of hydrogen-bond acceptors (Lipinski definition) is 6. The smallest absolute Gasteiger partial charge is 0.164 e. The lowest BCUT2D eigenvalue weighted by Gasteiger charge is -2.12. The topological polar surface area (TPSA) is 82.5 Å². The minimum atomic E-state index is 0.579. The van der Waals surface area contributed by atoms with Crippen molar-refractivity contribution >= 4 is 54.5 Å². The van der Waals surface area contributed by atoms with Gasteiger partial charge in [0.1, 0.15) is 22.2 Å². The normalized spacial score (nSPS) is 11.7. The Hall–Kier alpha value is -8.29. The Morgan fingerprint density at radius 2 is 0.967 bits per heavy atom. The molecular weight excluding hydrogens is 737 g/mol. The number of nitrogens with zero attached hydrogens (tertiary/aromatic N) is 6. The Kier molecular flexibility index (Phi) is 7.71. The van der Waals surface area contributed by atoms with Crippen molar-refractivity contribution in [3.8, 4) is 62.1 Å². The molecule has 0 spiro atoms. The molecule has 0 saturated heterocycles. The number of furan rings is 1. The fourth-order valence-corrected chi connectivity index (χ4v) is 8.40. The number of fused-ring (bicyclic) bond motifs is 8. The largest absolute Gasteiger partial charge is 0.456 e. The minimum absolute atomic E-state index is 0.579. The summed E-state index contributed by atoms with van der Waals surface area (Å²) in [5.74, 6) is 1.76. The zero-order valence-electron chi connectivity index (χ0n) is 32.1. The van der Waals surface area contributed by atoms with Gasteiger partial charge in [-0.3, -0.25) is 0 Å². The Morgan fingerprint density at radius 1 is 0.367 bits per heavy atom. The van der Waals surface area contributed by atoms with Crippen LogP contribution in [0.15, 0.2) is 199 Å². The molecule has 60 heavy (non-hydrogen) atoms. The van der Waals surface area contributed by atoms with Crippen LogP contribution in [-0.2, 0) is 0 Å².